The number of amides is 1. The van der Waals surface area contributed by atoms with E-state index in [4.69, 9.17) is 4.74 Å². The van der Waals surface area contributed by atoms with Crippen molar-refractivity contribution in [1.29, 1.82) is 0 Å². The fourth-order valence-electron chi connectivity index (χ4n) is 1.84. The van der Waals surface area contributed by atoms with E-state index in [0.717, 1.165) is 11.3 Å². The molecule has 2 atom stereocenters. The first-order valence-corrected chi connectivity index (χ1v) is 7.10. The monoisotopic (exact) mass is 375 g/mol. The lowest BCUT2D eigenvalue weighted by molar-refractivity contribution is -0.139. The van der Waals surface area contributed by atoms with E-state index in [0.29, 0.717) is 6.42 Å². The maximum absolute atomic E-state index is 11.9. The Bertz CT molecular complexity index is 466. The highest BCUT2D eigenvalue weighted by atomic mass is 127. The van der Waals surface area contributed by atoms with Gasteiger partial charge < -0.3 is 14.8 Å². The van der Waals surface area contributed by atoms with Gasteiger partial charge in [-0.3, -0.25) is 9.59 Å². The molecule has 2 unspecified atom stereocenters. The molecule has 1 amide bonds. The highest BCUT2D eigenvalue weighted by Crippen LogP contribution is 2.28. The molecule has 0 saturated heterocycles. The maximum atomic E-state index is 11.9. The smallest absolute Gasteiger partial charge is 0.320 e. The highest BCUT2D eigenvalue weighted by molar-refractivity contribution is 14.1. The van der Waals surface area contributed by atoms with Gasteiger partial charge in [-0.15, -0.1) is 0 Å². The summed E-state index contributed by atoms with van der Waals surface area (Å²) in [5.74, 6) is 0.194. The van der Waals surface area contributed by atoms with Crippen molar-refractivity contribution in [2.75, 3.05) is 13.7 Å². The first-order chi connectivity index (χ1) is 9.11. The summed E-state index contributed by atoms with van der Waals surface area (Å²) in [5.41, 5.74) is 1.03. The van der Waals surface area contributed by atoms with Crippen LogP contribution in [-0.4, -0.2) is 35.6 Å². The van der Waals surface area contributed by atoms with Crippen LogP contribution in [0.1, 0.15) is 5.56 Å². The fraction of sp³-hybridized carbons (Fsp3) is 0.385. The summed E-state index contributed by atoms with van der Waals surface area (Å²) >= 11 is 1.93. The van der Waals surface area contributed by atoms with E-state index in [9.17, 15) is 9.59 Å². The molecular formula is C13H14INO4. The van der Waals surface area contributed by atoms with Crippen LogP contribution < -0.4 is 10.1 Å². The molecular weight excluding hydrogens is 361 g/mol. The molecule has 2 rings (SSSR count). The van der Waals surface area contributed by atoms with Gasteiger partial charge in [0.2, 0.25) is 0 Å². The molecule has 0 spiro atoms. The number of ether oxygens (including phenoxy) is 2. The van der Waals surface area contributed by atoms with Gasteiger partial charge in [0.25, 0.3) is 5.91 Å². The maximum Gasteiger partial charge on any atom is 0.320 e. The van der Waals surface area contributed by atoms with Gasteiger partial charge in [0, 0.05) is 13.0 Å². The molecule has 0 saturated carbocycles. The predicted molar refractivity (Wildman–Crippen MR) is 77.4 cm³/mol. The van der Waals surface area contributed by atoms with Crippen LogP contribution in [0.15, 0.2) is 24.3 Å². The molecule has 0 aromatic heterocycles. The van der Waals surface area contributed by atoms with Crippen molar-refractivity contribution >= 4 is 34.5 Å². The molecule has 1 aromatic rings. The van der Waals surface area contributed by atoms with E-state index in [2.05, 4.69) is 10.1 Å². The van der Waals surface area contributed by atoms with Crippen LogP contribution in [0.5, 0.6) is 5.75 Å². The molecule has 5 nitrogen and oxygen atoms in total. The predicted octanol–water partition coefficient (Wildman–Crippen LogP) is 1.08. The lowest BCUT2D eigenvalue weighted by Gasteiger charge is -2.13. The Morgan fingerprint density at radius 3 is 2.95 bits per heavy atom. The number of para-hydroxylation sites is 1. The Balaban J connectivity index is 1.85. The molecule has 0 bridgehead atoms. The minimum atomic E-state index is -0.515. The van der Waals surface area contributed by atoms with Gasteiger partial charge in [0.15, 0.2) is 6.10 Å². The first-order valence-electron chi connectivity index (χ1n) is 5.86. The fourth-order valence-corrected chi connectivity index (χ4v) is 2.32. The number of nitrogens with one attached hydrogen (secondary N) is 1. The molecule has 0 aliphatic carbocycles. The van der Waals surface area contributed by atoms with Gasteiger partial charge in [-0.05, 0) is 11.6 Å². The molecule has 1 aliphatic heterocycles. The number of fused-ring (bicyclic) bond motifs is 1. The van der Waals surface area contributed by atoms with Gasteiger partial charge in [-0.2, -0.15) is 0 Å². The topological polar surface area (TPSA) is 64.6 Å². The number of benzene rings is 1. The Morgan fingerprint density at radius 2 is 2.26 bits per heavy atom. The van der Waals surface area contributed by atoms with Crippen molar-refractivity contribution in [3.63, 3.8) is 0 Å². The number of rotatable bonds is 4. The molecule has 1 heterocycles. The second kappa shape index (κ2) is 6.23. The van der Waals surface area contributed by atoms with Gasteiger partial charge in [-0.1, -0.05) is 40.8 Å². The Hall–Kier alpha value is -1.31. The highest BCUT2D eigenvalue weighted by Gasteiger charge is 2.29. The third kappa shape index (κ3) is 3.37. The summed E-state index contributed by atoms with van der Waals surface area (Å²) in [5, 5.41) is 2.70. The summed E-state index contributed by atoms with van der Waals surface area (Å²) in [6.45, 7) is 0.238. The second-order valence-corrected chi connectivity index (χ2v) is 5.66. The van der Waals surface area contributed by atoms with Gasteiger partial charge in [0.1, 0.15) is 9.67 Å². The van der Waals surface area contributed by atoms with Crippen LogP contribution in [0.25, 0.3) is 0 Å². The zero-order chi connectivity index (χ0) is 13.8. The average Bonchev–Trinajstić information content (AvgIpc) is 2.87. The zero-order valence-electron chi connectivity index (χ0n) is 10.4. The molecule has 1 N–H and O–H groups in total. The number of hydrogen-bond acceptors (Lipinski definition) is 4. The minimum absolute atomic E-state index is 0.207. The summed E-state index contributed by atoms with van der Waals surface area (Å²) in [6.07, 6.45) is 0.0465. The number of esters is 1. The molecule has 0 fully saturated rings. The summed E-state index contributed by atoms with van der Waals surface area (Å²) in [4.78, 5) is 23.1. The number of alkyl halides is 1. The van der Waals surface area contributed by atoms with Gasteiger partial charge in [0.05, 0.1) is 7.11 Å². The van der Waals surface area contributed by atoms with Crippen molar-refractivity contribution in [2.24, 2.45) is 0 Å². The lowest BCUT2D eigenvalue weighted by Crippen LogP contribution is -2.41. The van der Waals surface area contributed by atoms with E-state index in [1.165, 1.54) is 7.11 Å². The SMILES string of the molecule is COC(=O)C(I)CNC(=O)C1Cc2ccccc2O1. The van der Waals surface area contributed by atoms with Gasteiger partial charge in [-0.25, -0.2) is 0 Å². The van der Waals surface area contributed by atoms with Crippen molar-refractivity contribution in [1.82, 2.24) is 5.32 Å². The van der Waals surface area contributed by atoms with Crippen molar-refractivity contribution in [2.45, 2.75) is 16.4 Å². The van der Waals surface area contributed by atoms with E-state index >= 15 is 0 Å². The van der Waals surface area contributed by atoms with Crippen molar-refractivity contribution in [3.05, 3.63) is 29.8 Å². The summed E-state index contributed by atoms with van der Waals surface area (Å²) < 4.78 is 9.76. The quantitative estimate of drug-likeness (QED) is 0.486. The summed E-state index contributed by atoms with van der Waals surface area (Å²) in [7, 11) is 1.33. The standard InChI is InChI=1S/C13H14INO4/c1-18-13(17)9(14)7-15-12(16)11-6-8-4-2-3-5-10(8)19-11/h2-5,9,11H,6-7H2,1H3,(H,15,16). The van der Waals surface area contributed by atoms with Crippen LogP contribution in [-0.2, 0) is 20.7 Å². The van der Waals surface area contributed by atoms with Crippen LogP contribution in [0, 0.1) is 0 Å². The number of carbonyl (C=O) groups excluding carboxylic acids is 2. The largest absolute Gasteiger partial charge is 0.480 e. The Morgan fingerprint density at radius 1 is 1.53 bits per heavy atom. The second-order valence-electron chi connectivity index (χ2n) is 4.15. The average molecular weight is 375 g/mol. The molecule has 0 radical (unpaired) electrons. The normalized spacial score (nSPS) is 18.1. The molecule has 6 heteroatoms. The van der Waals surface area contributed by atoms with Crippen LogP contribution in [0.2, 0.25) is 0 Å². The molecule has 19 heavy (non-hydrogen) atoms. The number of carbonyl (C=O) groups is 2. The number of halogens is 1. The lowest BCUT2D eigenvalue weighted by atomic mass is 10.1. The van der Waals surface area contributed by atoms with E-state index in [1.54, 1.807) is 0 Å². The third-order valence-corrected chi connectivity index (χ3v) is 3.80. The van der Waals surface area contributed by atoms with Crippen molar-refractivity contribution in [3.8, 4) is 5.75 Å². The molecule has 1 aliphatic rings. The number of hydrogen-bond donors (Lipinski definition) is 1. The Labute approximate surface area is 124 Å². The van der Waals surface area contributed by atoms with Crippen LogP contribution in [0.4, 0.5) is 0 Å². The van der Waals surface area contributed by atoms with Crippen LogP contribution >= 0.6 is 22.6 Å². The molecule has 1 aromatic carbocycles. The first kappa shape index (κ1) is 14.1. The third-order valence-electron chi connectivity index (χ3n) is 2.85. The Kier molecular flexibility index (Phi) is 4.62. The minimum Gasteiger partial charge on any atom is -0.480 e. The number of methoxy groups -OCH3 is 1. The summed E-state index contributed by atoms with van der Waals surface area (Å²) in [6, 6.07) is 7.58. The van der Waals surface area contributed by atoms with Crippen molar-refractivity contribution < 1.29 is 19.1 Å². The van der Waals surface area contributed by atoms with E-state index < -0.39 is 10.0 Å². The van der Waals surface area contributed by atoms with Crippen LogP contribution in [0.3, 0.4) is 0 Å². The molecule has 102 valence electrons. The van der Waals surface area contributed by atoms with E-state index in [1.807, 2.05) is 46.9 Å². The van der Waals surface area contributed by atoms with Gasteiger partial charge >= 0.3 is 5.97 Å². The zero-order valence-corrected chi connectivity index (χ0v) is 12.5. The van der Waals surface area contributed by atoms with E-state index in [-0.39, 0.29) is 18.4 Å².